The summed E-state index contributed by atoms with van der Waals surface area (Å²) < 4.78 is 14.9. The van der Waals surface area contributed by atoms with Crippen LogP contribution >= 0.6 is 0 Å². The third kappa shape index (κ3) is 9.00. The smallest absolute Gasteiger partial charge is 0.159 e. The molecule has 4 aromatic rings. The maximum Gasteiger partial charge on any atom is 0.159 e. The molecule has 256 valence electrons. The molecule has 1 saturated carbocycles. The van der Waals surface area contributed by atoms with Crippen LogP contribution in [-0.2, 0) is 6.42 Å². The molecule has 0 radical (unpaired) electrons. The van der Waals surface area contributed by atoms with Crippen molar-refractivity contribution in [3.05, 3.63) is 126 Å². The van der Waals surface area contributed by atoms with Gasteiger partial charge >= 0.3 is 0 Å². The zero-order valence-electron chi connectivity index (χ0n) is 29.5. The summed E-state index contributed by atoms with van der Waals surface area (Å²) in [6.07, 6.45) is 20.5. The van der Waals surface area contributed by atoms with E-state index in [1.165, 1.54) is 32.1 Å². The fraction of sp³-hybridized carbons (Fsp3) is 0.341. The lowest BCUT2D eigenvalue weighted by molar-refractivity contribution is 0.353. The summed E-state index contributed by atoms with van der Waals surface area (Å²) in [5.74, 6) is 1.04. The highest BCUT2D eigenvalue weighted by Gasteiger charge is 2.20. The Morgan fingerprint density at radius 1 is 1.12 bits per heavy atom. The molecule has 5 rings (SSSR count). The van der Waals surface area contributed by atoms with Gasteiger partial charge in [-0.2, -0.15) is 5.10 Å². The van der Waals surface area contributed by atoms with E-state index in [4.69, 9.17) is 9.97 Å². The van der Waals surface area contributed by atoms with E-state index in [9.17, 15) is 4.39 Å². The number of nitrogens with one attached hydrogen (secondary N) is 3. The van der Waals surface area contributed by atoms with Crippen molar-refractivity contribution in [1.82, 2.24) is 35.4 Å². The normalized spacial score (nSPS) is 14.9. The number of benzene rings is 1. The van der Waals surface area contributed by atoms with Crippen LogP contribution in [0.15, 0.2) is 92.0 Å². The number of allylic oxidation sites excluding steroid dienone is 7. The van der Waals surface area contributed by atoms with Crippen LogP contribution in [0, 0.1) is 18.7 Å². The molecule has 0 aliphatic heterocycles. The first kappa shape index (κ1) is 35.5. The number of aryl methyl sites for hydroxylation is 2. The summed E-state index contributed by atoms with van der Waals surface area (Å²) in [5, 5.41) is 12.1. The molecule has 49 heavy (non-hydrogen) atoms. The molecule has 1 aromatic carbocycles. The number of hydrogen-bond donors (Lipinski definition) is 3. The van der Waals surface area contributed by atoms with Gasteiger partial charge in [-0.1, -0.05) is 76.1 Å². The van der Waals surface area contributed by atoms with Crippen molar-refractivity contribution >= 4 is 22.0 Å². The highest BCUT2D eigenvalue weighted by Crippen LogP contribution is 2.32. The first-order chi connectivity index (χ1) is 23.7. The monoisotopic (exact) mass is 659 g/mol. The van der Waals surface area contributed by atoms with Crippen molar-refractivity contribution < 1.29 is 4.39 Å². The molecule has 7 nitrogen and oxygen atoms in total. The lowest BCUT2D eigenvalue weighted by Gasteiger charge is -2.23. The standard InChI is InChI=1S/C41H50FN7/c1-8-15-35(32-21-30(22-33(42)23-32)18-14-19-49(6)7)39-28(5)45-41(46-39)40-36-25-37(43-26-38(36)47-48-40)31(9-2)24-34(10-3)44-27(4)20-29-16-12-11-13-17-29/h8-10,15,21-26,29,44H,1,3-4,11-14,16-20H2,2,5-7H3,(H,45,46)(H,47,48)/b31-9+,34-24+,35-15-. The van der Waals surface area contributed by atoms with Gasteiger partial charge in [-0.3, -0.25) is 10.1 Å². The van der Waals surface area contributed by atoms with Crippen LogP contribution in [-0.4, -0.2) is 50.7 Å². The number of aromatic nitrogens is 5. The molecule has 3 heterocycles. The summed E-state index contributed by atoms with van der Waals surface area (Å²) in [5.41, 5.74) is 9.19. The maximum absolute atomic E-state index is 14.9. The van der Waals surface area contributed by atoms with Gasteiger partial charge in [0, 0.05) is 28.0 Å². The van der Waals surface area contributed by atoms with E-state index in [1.54, 1.807) is 24.4 Å². The number of imidazole rings is 1. The first-order valence-corrected chi connectivity index (χ1v) is 17.3. The lowest BCUT2D eigenvalue weighted by Crippen LogP contribution is -2.16. The van der Waals surface area contributed by atoms with Gasteiger partial charge in [-0.05, 0) is 107 Å². The zero-order chi connectivity index (χ0) is 34.9. The lowest BCUT2D eigenvalue weighted by atomic mass is 9.86. The zero-order valence-corrected chi connectivity index (χ0v) is 29.5. The molecule has 0 saturated heterocycles. The van der Waals surface area contributed by atoms with Gasteiger partial charge in [-0.25, -0.2) is 9.37 Å². The second-order valence-corrected chi connectivity index (χ2v) is 13.3. The number of pyridine rings is 1. The summed E-state index contributed by atoms with van der Waals surface area (Å²) in [6, 6.07) is 7.26. The number of aromatic amines is 2. The van der Waals surface area contributed by atoms with Crippen LogP contribution < -0.4 is 5.32 Å². The minimum atomic E-state index is -0.267. The second-order valence-electron chi connectivity index (χ2n) is 13.3. The Morgan fingerprint density at radius 2 is 1.92 bits per heavy atom. The van der Waals surface area contributed by atoms with Crippen molar-refractivity contribution in [2.75, 3.05) is 20.6 Å². The van der Waals surface area contributed by atoms with Crippen LogP contribution in [0.4, 0.5) is 4.39 Å². The number of H-pyrrole nitrogens is 2. The van der Waals surface area contributed by atoms with Crippen LogP contribution in [0.5, 0.6) is 0 Å². The van der Waals surface area contributed by atoms with Crippen LogP contribution in [0.25, 0.3) is 33.6 Å². The Hall–Kier alpha value is -4.82. The maximum atomic E-state index is 14.9. The van der Waals surface area contributed by atoms with Gasteiger partial charge in [0.15, 0.2) is 5.82 Å². The van der Waals surface area contributed by atoms with Gasteiger partial charge in [0.05, 0.1) is 23.1 Å². The quantitative estimate of drug-likeness (QED) is 0.111. The van der Waals surface area contributed by atoms with E-state index >= 15 is 0 Å². The second kappa shape index (κ2) is 16.5. The SMILES string of the molecule is C=C/C=C(/c1cc(F)cc(CCCN(C)C)c1)c1nc(-c2n[nH]c3cnc(C(/C=C(\C=C)NC(=C)CC4CCCCC4)=C/C)cc23)[nH]c1C. The summed E-state index contributed by atoms with van der Waals surface area (Å²) in [6.45, 7) is 17.2. The number of fused-ring (bicyclic) bond motifs is 1. The van der Waals surface area contributed by atoms with Gasteiger partial charge < -0.3 is 15.2 Å². The van der Waals surface area contributed by atoms with Crippen molar-refractivity contribution in [2.45, 2.75) is 65.2 Å². The Morgan fingerprint density at radius 3 is 2.63 bits per heavy atom. The number of rotatable bonds is 15. The minimum absolute atomic E-state index is 0.267. The van der Waals surface area contributed by atoms with Crippen molar-refractivity contribution in [1.29, 1.82) is 0 Å². The van der Waals surface area contributed by atoms with Crippen molar-refractivity contribution in [2.24, 2.45) is 5.92 Å². The fourth-order valence-corrected chi connectivity index (χ4v) is 6.68. The van der Waals surface area contributed by atoms with Crippen LogP contribution in [0.2, 0.25) is 0 Å². The number of nitrogens with zero attached hydrogens (tertiary/aromatic N) is 4. The van der Waals surface area contributed by atoms with E-state index in [2.05, 4.69) is 51.2 Å². The molecule has 1 aliphatic carbocycles. The van der Waals surface area contributed by atoms with E-state index in [0.29, 0.717) is 17.4 Å². The van der Waals surface area contributed by atoms with Crippen molar-refractivity contribution in [3.63, 3.8) is 0 Å². The largest absolute Gasteiger partial charge is 0.359 e. The summed E-state index contributed by atoms with van der Waals surface area (Å²) in [7, 11) is 4.09. The molecule has 8 heteroatoms. The molecule has 0 spiro atoms. The predicted molar refractivity (Wildman–Crippen MR) is 202 cm³/mol. The Labute approximate surface area is 290 Å². The van der Waals surface area contributed by atoms with E-state index in [0.717, 1.165) is 87.5 Å². The third-order valence-electron chi connectivity index (χ3n) is 9.15. The highest BCUT2D eigenvalue weighted by atomic mass is 19.1. The Bertz CT molecular complexity index is 1900. The van der Waals surface area contributed by atoms with Gasteiger partial charge in [0.1, 0.15) is 11.5 Å². The van der Waals surface area contributed by atoms with E-state index in [-0.39, 0.29) is 5.82 Å². The fourth-order valence-electron chi connectivity index (χ4n) is 6.68. The Balaban J connectivity index is 1.42. The molecule has 0 unspecified atom stereocenters. The molecule has 1 aliphatic rings. The molecular weight excluding hydrogens is 609 g/mol. The predicted octanol–water partition coefficient (Wildman–Crippen LogP) is 9.45. The van der Waals surface area contributed by atoms with E-state index in [1.807, 2.05) is 58.3 Å². The molecule has 3 N–H and O–H groups in total. The van der Waals surface area contributed by atoms with Crippen molar-refractivity contribution in [3.8, 4) is 11.5 Å². The van der Waals surface area contributed by atoms with E-state index < -0.39 is 0 Å². The highest BCUT2D eigenvalue weighted by molar-refractivity contribution is 5.93. The molecular formula is C41H50FN7. The van der Waals surface area contributed by atoms with Crippen LogP contribution in [0.3, 0.4) is 0 Å². The van der Waals surface area contributed by atoms with Gasteiger partial charge in [0.25, 0.3) is 0 Å². The molecule has 0 atom stereocenters. The molecule has 3 aromatic heterocycles. The first-order valence-electron chi connectivity index (χ1n) is 17.3. The number of halogens is 1. The minimum Gasteiger partial charge on any atom is -0.359 e. The summed E-state index contributed by atoms with van der Waals surface area (Å²) >= 11 is 0. The number of hydrogen-bond acceptors (Lipinski definition) is 5. The summed E-state index contributed by atoms with van der Waals surface area (Å²) in [4.78, 5) is 15.3. The average molecular weight is 660 g/mol. The Kier molecular flexibility index (Phi) is 12.0. The third-order valence-corrected chi connectivity index (χ3v) is 9.15. The molecule has 0 amide bonds. The van der Waals surface area contributed by atoms with Gasteiger partial charge in [-0.15, -0.1) is 0 Å². The molecule has 0 bridgehead atoms. The topological polar surface area (TPSA) is 85.5 Å². The van der Waals surface area contributed by atoms with Crippen LogP contribution in [0.1, 0.15) is 80.1 Å². The average Bonchev–Trinajstić information content (AvgIpc) is 3.68. The van der Waals surface area contributed by atoms with Gasteiger partial charge in [0.2, 0.25) is 0 Å². The molecule has 1 fully saturated rings.